The molecule has 5 heteroatoms. The van der Waals surface area contributed by atoms with Crippen molar-refractivity contribution in [1.29, 1.82) is 0 Å². The minimum Gasteiger partial charge on any atom is -0.483 e. The van der Waals surface area contributed by atoms with Gasteiger partial charge in [0, 0.05) is 10.5 Å². The monoisotopic (exact) mass is 327 g/mol. The van der Waals surface area contributed by atoms with Crippen LogP contribution in [0.3, 0.4) is 0 Å². The van der Waals surface area contributed by atoms with E-state index in [0.717, 1.165) is 19.3 Å². The zero-order chi connectivity index (χ0) is 14.0. The SMILES string of the molecule is CC1CCC(Oc2ccc(Br)cc2[N+](=O)[O-])CC1C. The zero-order valence-corrected chi connectivity index (χ0v) is 12.7. The molecule has 104 valence electrons. The molecule has 0 radical (unpaired) electrons. The second-order valence-corrected chi connectivity index (χ2v) is 6.29. The van der Waals surface area contributed by atoms with Crippen LogP contribution in [-0.2, 0) is 0 Å². The quantitative estimate of drug-likeness (QED) is 0.604. The van der Waals surface area contributed by atoms with Crippen molar-refractivity contribution in [1.82, 2.24) is 0 Å². The smallest absolute Gasteiger partial charge is 0.312 e. The lowest BCUT2D eigenvalue weighted by atomic mass is 9.80. The Morgan fingerprint density at radius 2 is 2.05 bits per heavy atom. The minimum atomic E-state index is -0.394. The van der Waals surface area contributed by atoms with Crippen molar-refractivity contribution in [3.63, 3.8) is 0 Å². The first-order chi connectivity index (χ1) is 8.97. The molecule has 0 N–H and O–H groups in total. The maximum atomic E-state index is 11.0. The topological polar surface area (TPSA) is 52.4 Å². The number of halogens is 1. The molecule has 3 unspecified atom stereocenters. The van der Waals surface area contributed by atoms with Gasteiger partial charge in [0.25, 0.3) is 0 Å². The van der Waals surface area contributed by atoms with Gasteiger partial charge in [-0.1, -0.05) is 29.8 Å². The highest BCUT2D eigenvalue weighted by molar-refractivity contribution is 9.10. The van der Waals surface area contributed by atoms with E-state index in [1.807, 2.05) is 0 Å². The van der Waals surface area contributed by atoms with Crippen molar-refractivity contribution < 1.29 is 9.66 Å². The Morgan fingerprint density at radius 1 is 1.32 bits per heavy atom. The molecule has 0 spiro atoms. The summed E-state index contributed by atoms with van der Waals surface area (Å²) >= 11 is 3.25. The lowest BCUT2D eigenvalue weighted by Crippen LogP contribution is -2.28. The van der Waals surface area contributed by atoms with Gasteiger partial charge in [0.15, 0.2) is 5.75 Å². The number of rotatable bonds is 3. The summed E-state index contributed by atoms with van der Waals surface area (Å²) in [5.74, 6) is 1.69. The van der Waals surface area contributed by atoms with E-state index in [2.05, 4.69) is 29.8 Å². The van der Waals surface area contributed by atoms with Gasteiger partial charge in [-0.15, -0.1) is 0 Å². The molecule has 0 bridgehead atoms. The van der Waals surface area contributed by atoms with Gasteiger partial charge in [-0.3, -0.25) is 10.1 Å². The van der Waals surface area contributed by atoms with Gasteiger partial charge in [-0.2, -0.15) is 0 Å². The third-order valence-corrected chi connectivity index (χ3v) is 4.45. The predicted octanol–water partition coefficient (Wildman–Crippen LogP) is 4.56. The van der Waals surface area contributed by atoms with Gasteiger partial charge in [-0.05, 0) is 43.2 Å². The molecule has 3 atom stereocenters. The molecule has 1 aliphatic rings. The van der Waals surface area contributed by atoms with Crippen molar-refractivity contribution in [2.24, 2.45) is 11.8 Å². The van der Waals surface area contributed by atoms with E-state index in [0.29, 0.717) is 22.1 Å². The van der Waals surface area contributed by atoms with Gasteiger partial charge < -0.3 is 4.74 Å². The fourth-order valence-corrected chi connectivity index (χ4v) is 2.87. The first kappa shape index (κ1) is 14.3. The Bertz CT molecular complexity index is 478. The lowest BCUT2D eigenvalue weighted by molar-refractivity contribution is -0.386. The Balaban J connectivity index is 2.13. The van der Waals surface area contributed by atoms with Gasteiger partial charge >= 0.3 is 5.69 Å². The molecule has 0 aromatic heterocycles. The summed E-state index contributed by atoms with van der Waals surface area (Å²) in [6.45, 7) is 4.47. The highest BCUT2D eigenvalue weighted by atomic mass is 79.9. The summed E-state index contributed by atoms with van der Waals surface area (Å²) < 4.78 is 6.55. The van der Waals surface area contributed by atoms with Crippen LogP contribution in [0, 0.1) is 22.0 Å². The third-order valence-electron chi connectivity index (χ3n) is 3.96. The number of benzene rings is 1. The van der Waals surface area contributed by atoms with Crippen LogP contribution in [0.25, 0.3) is 0 Å². The molecule has 0 heterocycles. The van der Waals surface area contributed by atoms with Crippen molar-refractivity contribution in [2.45, 2.75) is 39.2 Å². The molecule has 1 aliphatic carbocycles. The van der Waals surface area contributed by atoms with E-state index in [1.165, 1.54) is 6.07 Å². The van der Waals surface area contributed by atoms with E-state index in [1.54, 1.807) is 12.1 Å². The average Bonchev–Trinajstić information content (AvgIpc) is 2.36. The van der Waals surface area contributed by atoms with Crippen LogP contribution >= 0.6 is 15.9 Å². The molecule has 1 aromatic rings. The van der Waals surface area contributed by atoms with E-state index in [-0.39, 0.29) is 11.8 Å². The van der Waals surface area contributed by atoms with E-state index in [9.17, 15) is 10.1 Å². The number of nitro benzene ring substituents is 1. The van der Waals surface area contributed by atoms with Crippen LogP contribution in [0.1, 0.15) is 33.1 Å². The molecular weight excluding hydrogens is 310 g/mol. The molecule has 4 nitrogen and oxygen atoms in total. The highest BCUT2D eigenvalue weighted by Crippen LogP contribution is 2.35. The highest BCUT2D eigenvalue weighted by Gasteiger charge is 2.27. The summed E-state index contributed by atoms with van der Waals surface area (Å²) in [7, 11) is 0. The van der Waals surface area contributed by atoms with Gasteiger partial charge in [0.1, 0.15) is 0 Å². The van der Waals surface area contributed by atoms with Crippen LogP contribution in [0.15, 0.2) is 22.7 Å². The molecule has 1 saturated carbocycles. The Hall–Kier alpha value is -1.10. The minimum absolute atomic E-state index is 0.0284. The van der Waals surface area contributed by atoms with Crippen LogP contribution in [0.4, 0.5) is 5.69 Å². The maximum absolute atomic E-state index is 11.0. The molecule has 0 saturated heterocycles. The third kappa shape index (κ3) is 3.47. The maximum Gasteiger partial charge on any atom is 0.312 e. The molecule has 2 rings (SSSR count). The number of hydrogen-bond donors (Lipinski definition) is 0. The largest absolute Gasteiger partial charge is 0.483 e. The van der Waals surface area contributed by atoms with Crippen LogP contribution in [0.2, 0.25) is 0 Å². The summed E-state index contributed by atoms with van der Waals surface area (Å²) in [5.41, 5.74) is 0.0284. The van der Waals surface area contributed by atoms with Gasteiger partial charge in [-0.25, -0.2) is 0 Å². The molecule has 0 aliphatic heterocycles. The number of nitro groups is 1. The summed E-state index contributed by atoms with van der Waals surface area (Å²) in [4.78, 5) is 10.6. The number of hydrogen-bond acceptors (Lipinski definition) is 3. The lowest BCUT2D eigenvalue weighted by Gasteiger charge is -2.32. The average molecular weight is 328 g/mol. The fraction of sp³-hybridized carbons (Fsp3) is 0.571. The molecular formula is C14H18BrNO3. The van der Waals surface area contributed by atoms with Crippen molar-refractivity contribution in [2.75, 3.05) is 0 Å². The van der Waals surface area contributed by atoms with Crippen molar-refractivity contribution in [3.8, 4) is 5.75 Å². The standard InChI is InChI=1S/C14H18BrNO3/c1-9-3-5-12(7-10(9)2)19-14-6-4-11(15)8-13(14)16(17)18/h4,6,8-10,12H,3,5,7H2,1-2H3. The van der Waals surface area contributed by atoms with Crippen LogP contribution < -0.4 is 4.74 Å². The predicted molar refractivity (Wildman–Crippen MR) is 77.4 cm³/mol. The van der Waals surface area contributed by atoms with E-state index >= 15 is 0 Å². The molecule has 0 amide bonds. The summed E-state index contributed by atoms with van der Waals surface area (Å²) in [6.07, 6.45) is 3.15. The summed E-state index contributed by atoms with van der Waals surface area (Å²) in [6, 6.07) is 4.94. The van der Waals surface area contributed by atoms with Gasteiger partial charge in [0.2, 0.25) is 0 Å². The molecule has 1 fully saturated rings. The Morgan fingerprint density at radius 3 is 2.68 bits per heavy atom. The van der Waals surface area contributed by atoms with E-state index < -0.39 is 4.92 Å². The Labute approximate surface area is 121 Å². The molecule has 19 heavy (non-hydrogen) atoms. The number of nitrogens with zero attached hydrogens (tertiary/aromatic N) is 1. The molecule has 1 aromatic carbocycles. The van der Waals surface area contributed by atoms with Crippen LogP contribution in [-0.4, -0.2) is 11.0 Å². The summed E-state index contributed by atoms with van der Waals surface area (Å²) in [5, 5.41) is 11.0. The second kappa shape index (κ2) is 5.90. The fourth-order valence-electron chi connectivity index (χ4n) is 2.52. The first-order valence-electron chi connectivity index (χ1n) is 6.58. The van der Waals surface area contributed by atoms with Gasteiger partial charge in [0.05, 0.1) is 11.0 Å². The van der Waals surface area contributed by atoms with Crippen molar-refractivity contribution in [3.05, 3.63) is 32.8 Å². The second-order valence-electron chi connectivity index (χ2n) is 5.38. The van der Waals surface area contributed by atoms with Crippen molar-refractivity contribution >= 4 is 21.6 Å². The zero-order valence-electron chi connectivity index (χ0n) is 11.1. The first-order valence-corrected chi connectivity index (χ1v) is 7.37. The Kier molecular flexibility index (Phi) is 4.45. The number of ether oxygens (including phenoxy) is 1. The normalized spacial score (nSPS) is 27.0. The van der Waals surface area contributed by atoms with Crippen LogP contribution in [0.5, 0.6) is 5.75 Å². The van der Waals surface area contributed by atoms with E-state index in [4.69, 9.17) is 4.74 Å².